The number of allylic oxidation sites excluding steroid dienone is 3. The quantitative estimate of drug-likeness (QED) is 0.122. The molecule has 298 valence electrons. The van der Waals surface area contributed by atoms with Crippen LogP contribution in [0.4, 0.5) is 62.6 Å². The van der Waals surface area contributed by atoms with Crippen LogP contribution in [0.2, 0.25) is 0 Å². The van der Waals surface area contributed by atoms with Gasteiger partial charge in [-0.25, -0.2) is 0 Å². The molecule has 0 amide bonds. The summed E-state index contributed by atoms with van der Waals surface area (Å²) >= 11 is 0. The van der Waals surface area contributed by atoms with Gasteiger partial charge in [0.2, 0.25) is 0 Å². The first-order chi connectivity index (χ1) is 30.0. The van der Waals surface area contributed by atoms with Crippen LogP contribution in [-0.2, 0) is 0 Å². The molecule has 1 aliphatic carbocycles. The van der Waals surface area contributed by atoms with Gasteiger partial charge in [-0.3, -0.25) is 0 Å². The van der Waals surface area contributed by atoms with Gasteiger partial charge >= 0.3 is 0 Å². The molecule has 0 atom stereocenters. The van der Waals surface area contributed by atoms with E-state index in [1.165, 1.54) is 22.4 Å². The first-order valence-electron chi connectivity index (χ1n) is 21.1. The SMILES string of the molecule is CC1=CC(N(c2ccccc2)c2ccc(N(c3ccc(N(c4ccccc4)c4ccc(C)cc4)cc3)c3ccc(N(c4ccccc4)c4ccc(C)cc4)cc3)cc2)=CCC1. The van der Waals surface area contributed by atoms with Crippen molar-refractivity contribution in [1.82, 2.24) is 0 Å². The topological polar surface area (TPSA) is 13.0 Å². The number of hydrogen-bond donors (Lipinski definition) is 0. The van der Waals surface area contributed by atoms with Gasteiger partial charge in [0.15, 0.2) is 0 Å². The van der Waals surface area contributed by atoms with Gasteiger partial charge in [-0.2, -0.15) is 0 Å². The van der Waals surface area contributed by atoms with Crippen LogP contribution in [0, 0.1) is 13.8 Å². The van der Waals surface area contributed by atoms with E-state index in [1.807, 2.05) is 0 Å². The molecular formula is C57H50N4. The molecule has 0 heterocycles. The zero-order chi connectivity index (χ0) is 41.5. The molecule has 9 rings (SSSR count). The third-order valence-electron chi connectivity index (χ3n) is 11.3. The Bertz CT molecular complexity index is 2590. The Morgan fingerprint density at radius 1 is 0.279 bits per heavy atom. The first-order valence-corrected chi connectivity index (χ1v) is 21.1. The third kappa shape index (κ3) is 8.62. The summed E-state index contributed by atoms with van der Waals surface area (Å²) in [6.45, 7) is 6.49. The van der Waals surface area contributed by atoms with Crippen LogP contribution >= 0.6 is 0 Å². The maximum Gasteiger partial charge on any atom is 0.0463 e. The van der Waals surface area contributed by atoms with Gasteiger partial charge in [0, 0.05) is 68.3 Å². The Labute approximate surface area is 361 Å². The highest BCUT2D eigenvalue weighted by Crippen LogP contribution is 2.42. The van der Waals surface area contributed by atoms with Gasteiger partial charge in [0.05, 0.1) is 0 Å². The van der Waals surface area contributed by atoms with Crippen molar-refractivity contribution in [2.75, 3.05) is 19.6 Å². The van der Waals surface area contributed by atoms with Crippen LogP contribution in [0.25, 0.3) is 0 Å². The fraction of sp³-hybridized carbons (Fsp3) is 0.0877. The largest absolute Gasteiger partial charge is 0.311 e. The smallest absolute Gasteiger partial charge is 0.0463 e. The average Bonchev–Trinajstić information content (AvgIpc) is 3.31. The zero-order valence-corrected chi connectivity index (χ0v) is 35.1. The van der Waals surface area contributed by atoms with Gasteiger partial charge in [-0.05, 0) is 173 Å². The van der Waals surface area contributed by atoms with Crippen LogP contribution in [0.3, 0.4) is 0 Å². The van der Waals surface area contributed by atoms with E-state index >= 15 is 0 Å². The lowest BCUT2D eigenvalue weighted by Crippen LogP contribution is -2.17. The monoisotopic (exact) mass is 790 g/mol. The molecule has 0 unspecified atom stereocenters. The maximum atomic E-state index is 2.37. The highest BCUT2D eigenvalue weighted by atomic mass is 15.2. The van der Waals surface area contributed by atoms with Crippen LogP contribution in [0.5, 0.6) is 0 Å². The molecule has 8 aromatic rings. The molecule has 0 fully saturated rings. The first kappa shape index (κ1) is 38.9. The lowest BCUT2D eigenvalue weighted by Gasteiger charge is -2.31. The molecule has 0 spiro atoms. The Morgan fingerprint density at radius 3 is 0.820 bits per heavy atom. The van der Waals surface area contributed by atoms with Gasteiger partial charge in [0.25, 0.3) is 0 Å². The standard InChI is InChI=1S/C57H50N4/c1-43-22-26-49(27-23-43)58(46-15-7-4-8-16-46)51-30-34-53(35-31-51)60(54-36-32-52(33-37-54)59(47-17-9-5-10-18-47)50-28-24-44(2)25-29-50)55-38-40-56(41-39-55)61(48-19-11-6-12-20-48)57-21-13-14-45(3)42-57/h4-12,15-42H,13-14H2,1-3H3. The molecule has 1 aliphatic rings. The zero-order valence-electron chi connectivity index (χ0n) is 35.1. The molecule has 8 aromatic carbocycles. The summed E-state index contributed by atoms with van der Waals surface area (Å²) in [6, 6.07) is 76.2. The van der Waals surface area contributed by atoms with Crippen molar-refractivity contribution in [1.29, 1.82) is 0 Å². The molecule has 0 aromatic heterocycles. The minimum absolute atomic E-state index is 1.04. The van der Waals surface area contributed by atoms with E-state index in [2.05, 4.69) is 265 Å². The van der Waals surface area contributed by atoms with E-state index in [9.17, 15) is 0 Å². The fourth-order valence-electron chi connectivity index (χ4n) is 8.15. The second kappa shape index (κ2) is 17.7. The summed E-state index contributed by atoms with van der Waals surface area (Å²) in [5.74, 6) is 0. The number of benzene rings is 8. The third-order valence-corrected chi connectivity index (χ3v) is 11.3. The molecule has 4 heteroatoms. The number of nitrogens with zero attached hydrogens (tertiary/aromatic N) is 4. The molecule has 0 saturated heterocycles. The number of hydrogen-bond acceptors (Lipinski definition) is 4. The van der Waals surface area contributed by atoms with E-state index in [1.54, 1.807) is 0 Å². The fourth-order valence-corrected chi connectivity index (χ4v) is 8.15. The second-order valence-electron chi connectivity index (χ2n) is 15.7. The molecule has 4 nitrogen and oxygen atoms in total. The molecule has 0 N–H and O–H groups in total. The normalized spacial score (nSPS) is 12.2. The van der Waals surface area contributed by atoms with Gasteiger partial charge in [-0.1, -0.05) is 102 Å². The maximum absolute atomic E-state index is 2.37. The van der Waals surface area contributed by atoms with Crippen molar-refractivity contribution in [3.63, 3.8) is 0 Å². The van der Waals surface area contributed by atoms with Crippen LogP contribution in [0.1, 0.15) is 30.9 Å². The summed E-state index contributed by atoms with van der Waals surface area (Å²) < 4.78 is 0. The Balaban J connectivity index is 1.13. The Morgan fingerprint density at radius 2 is 0.525 bits per heavy atom. The van der Waals surface area contributed by atoms with Crippen molar-refractivity contribution < 1.29 is 0 Å². The highest BCUT2D eigenvalue weighted by Gasteiger charge is 2.20. The predicted molar refractivity (Wildman–Crippen MR) is 260 cm³/mol. The summed E-state index contributed by atoms with van der Waals surface area (Å²) in [5, 5.41) is 0. The van der Waals surface area contributed by atoms with E-state index in [0.717, 1.165) is 75.4 Å². The van der Waals surface area contributed by atoms with Gasteiger partial charge in [0.1, 0.15) is 0 Å². The van der Waals surface area contributed by atoms with E-state index < -0.39 is 0 Å². The summed E-state index contributed by atoms with van der Waals surface area (Å²) in [6.07, 6.45) is 6.81. The summed E-state index contributed by atoms with van der Waals surface area (Å²) in [4.78, 5) is 9.35. The number of aryl methyl sites for hydroxylation is 2. The predicted octanol–water partition coefficient (Wildman–Crippen LogP) is 16.5. The summed E-state index contributed by atoms with van der Waals surface area (Å²) in [7, 11) is 0. The van der Waals surface area contributed by atoms with Gasteiger partial charge in [-0.15, -0.1) is 0 Å². The van der Waals surface area contributed by atoms with E-state index in [-0.39, 0.29) is 0 Å². The molecular weight excluding hydrogens is 741 g/mol. The van der Waals surface area contributed by atoms with Crippen molar-refractivity contribution in [2.24, 2.45) is 0 Å². The highest BCUT2D eigenvalue weighted by molar-refractivity contribution is 5.84. The van der Waals surface area contributed by atoms with Crippen molar-refractivity contribution in [3.8, 4) is 0 Å². The molecule has 0 aliphatic heterocycles. The van der Waals surface area contributed by atoms with E-state index in [4.69, 9.17) is 0 Å². The number of para-hydroxylation sites is 3. The lowest BCUT2D eigenvalue weighted by molar-refractivity contribution is 0.933. The second-order valence-corrected chi connectivity index (χ2v) is 15.7. The Kier molecular flexibility index (Phi) is 11.3. The van der Waals surface area contributed by atoms with Crippen LogP contribution < -0.4 is 19.6 Å². The lowest BCUT2D eigenvalue weighted by atomic mass is 10.0. The minimum Gasteiger partial charge on any atom is -0.311 e. The van der Waals surface area contributed by atoms with Crippen molar-refractivity contribution >= 4 is 62.6 Å². The molecule has 0 radical (unpaired) electrons. The van der Waals surface area contributed by atoms with Crippen molar-refractivity contribution in [2.45, 2.75) is 33.6 Å². The number of anilines is 11. The van der Waals surface area contributed by atoms with Crippen molar-refractivity contribution in [3.05, 3.63) is 247 Å². The molecule has 61 heavy (non-hydrogen) atoms. The Hall–Kier alpha value is -7.56. The molecule has 0 saturated carbocycles. The van der Waals surface area contributed by atoms with Crippen LogP contribution in [-0.4, -0.2) is 0 Å². The minimum atomic E-state index is 1.04. The van der Waals surface area contributed by atoms with Crippen LogP contribution in [0.15, 0.2) is 236 Å². The van der Waals surface area contributed by atoms with E-state index in [0.29, 0.717) is 0 Å². The van der Waals surface area contributed by atoms with Gasteiger partial charge < -0.3 is 19.6 Å². The average molecular weight is 791 g/mol. The summed E-state index contributed by atoms with van der Waals surface area (Å²) in [5.41, 5.74) is 17.2. The molecule has 0 bridgehead atoms. The number of rotatable bonds is 12.